The van der Waals surface area contributed by atoms with Crippen LogP contribution in [-0.2, 0) is 9.09 Å². The number of nitrogens with one attached hydrogen (secondary N) is 1. The summed E-state index contributed by atoms with van der Waals surface area (Å²) in [5, 5.41) is 4.17. The van der Waals surface area contributed by atoms with E-state index in [1.54, 1.807) is 7.11 Å². The Bertz CT molecular complexity index is 1020. The SMILES string of the molecule is CCCCO[P@@](=O)(c1ccc(N(C)C)cc1)[C@H](Nc1ccccc1)c1ccccc1OC. The summed E-state index contributed by atoms with van der Waals surface area (Å²) in [6.45, 7) is 2.52. The quantitative estimate of drug-likeness (QED) is 0.274. The predicted octanol–water partition coefficient (Wildman–Crippen LogP) is 6.29. The van der Waals surface area contributed by atoms with Gasteiger partial charge in [-0.25, -0.2) is 0 Å². The Balaban J connectivity index is 2.14. The molecule has 3 aromatic rings. The van der Waals surface area contributed by atoms with E-state index in [1.807, 2.05) is 97.9 Å². The average molecular weight is 453 g/mol. The van der Waals surface area contributed by atoms with Crippen molar-refractivity contribution in [1.82, 2.24) is 0 Å². The molecule has 0 fully saturated rings. The van der Waals surface area contributed by atoms with Crippen LogP contribution in [0.15, 0.2) is 78.9 Å². The van der Waals surface area contributed by atoms with Gasteiger partial charge < -0.3 is 19.5 Å². The van der Waals surface area contributed by atoms with Crippen LogP contribution in [0.5, 0.6) is 5.75 Å². The van der Waals surface area contributed by atoms with Crippen LogP contribution >= 0.6 is 7.37 Å². The molecule has 0 aromatic heterocycles. The third kappa shape index (κ3) is 5.53. The lowest BCUT2D eigenvalue weighted by Crippen LogP contribution is -2.22. The van der Waals surface area contributed by atoms with Gasteiger partial charge in [0.15, 0.2) is 0 Å². The first kappa shape index (κ1) is 23.9. The number of unbranched alkanes of at least 4 members (excludes halogenated alkanes) is 1. The van der Waals surface area contributed by atoms with Crippen molar-refractivity contribution in [2.75, 3.05) is 38.0 Å². The molecule has 1 N–H and O–H groups in total. The monoisotopic (exact) mass is 452 g/mol. The molecule has 0 spiro atoms. The lowest BCUT2D eigenvalue weighted by molar-refractivity contribution is 0.307. The molecular weight excluding hydrogens is 419 g/mol. The largest absolute Gasteiger partial charge is 0.496 e. The summed E-state index contributed by atoms with van der Waals surface area (Å²) in [5.74, 6) is 0.0632. The lowest BCUT2D eigenvalue weighted by atomic mass is 10.2. The number of ether oxygens (including phenoxy) is 1. The number of para-hydroxylation sites is 2. The van der Waals surface area contributed by atoms with Gasteiger partial charge in [-0.2, -0.15) is 0 Å². The zero-order valence-electron chi connectivity index (χ0n) is 19.3. The van der Waals surface area contributed by atoms with Gasteiger partial charge in [-0.15, -0.1) is 0 Å². The first-order chi connectivity index (χ1) is 15.5. The van der Waals surface area contributed by atoms with Gasteiger partial charge in [0, 0.05) is 36.3 Å². The number of hydrogen-bond donors (Lipinski definition) is 1. The van der Waals surface area contributed by atoms with Gasteiger partial charge in [-0.3, -0.25) is 4.57 Å². The lowest BCUT2D eigenvalue weighted by Gasteiger charge is -2.31. The topological polar surface area (TPSA) is 50.8 Å². The van der Waals surface area contributed by atoms with Crippen LogP contribution < -0.4 is 20.3 Å². The standard InChI is InChI=1S/C26H33N2O3P/c1-5-6-20-31-32(29,23-18-16-22(17-19-23)28(2)3)26(27-21-12-8-7-9-13-21)24-14-10-11-15-25(24)30-4/h7-19,26-27H,5-6,20H2,1-4H3/t26-,32-/m0/s1. The number of hydrogen-bond acceptors (Lipinski definition) is 5. The van der Waals surface area contributed by atoms with E-state index in [-0.39, 0.29) is 0 Å². The molecule has 0 amide bonds. The van der Waals surface area contributed by atoms with Crippen LogP contribution in [-0.4, -0.2) is 27.8 Å². The van der Waals surface area contributed by atoms with Crippen LogP contribution in [0.2, 0.25) is 0 Å². The maximum Gasteiger partial charge on any atom is 0.258 e. The summed E-state index contributed by atoms with van der Waals surface area (Å²) in [6, 6.07) is 25.3. The van der Waals surface area contributed by atoms with Gasteiger partial charge in [0.1, 0.15) is 11.5 Å². The summed E-state index contributed by atoms with van der Waals surface area (Å²) in [6.07, 6.45) is 1.80. The van der Waals surface area contributed by atoms with E-state index >= 15 is 0 Å². The molecule has 2 atom stereocenters. The van der Waals surface area contributed by atoms with Gasteiger partial charge in [0.25, 0.3) is 7.37 Å². The van der Waals surface area contributed by atoms with Crippen molar-refractivity contribution in [3.63, 3.8) is 0 Å². The highest BCUT2D eigenvalue weighted by Gasteiger charge is 2.39. The fraction of sp³-hybridized carbons (Fsp3) is 0.308. The fourth-order valence-electron chi connectivity index (χ4n) is 3.53. The number of methoxy groups -OCH3 is 1. The zero-order chi connectivity index (χ0) is 23.0. The first-order valence-electron chi connectivity index (χ1n) is 11.0. The molecule has 0 aliphatic heterocycles. The molecule has 0 radical (unpaired) electrons. The molecule has 32 heavy (non-hydrogen) atoms. The van der Waals surface area contributed by atoms with E-state index in [9.17, 15) is 4.57 Å². The van der Waals surface area contributed by atoms with Crippen molar-refractivity contribution < 1.29 is 13.8 Å². The first-order valence-corrected chi connectivity index (χ1v) is 12.7. The second-order valence-corrected chi connectivity index (χ2v) is 10.3. The van der Waals surface area contributed by atoms with Gasteiger partial charge in [-0.1, -0.05) is 49.7 Å². The molecule has 0 heterocycles. The Kier molecular flexibility index (Phi) is 8.38. The van der Waals surface area contributed by atoms with Gasteiger partial charge >= 0.3 is 0 Å². The minimum Gasteiger partial charge on any atom is -0.496 e. The van der Waals surface area contributed by atoms with Crippen molar-refractivity contribution in [2.45, 2.75) is 25.5 Å². The van der Waals surface area contributed by atoms with E-state index in [0.29, 0.717) is 17.7 Å². The minimum atomic E-state index is -3.40. The average Bonchev–Trinajstić information content (AvgIpc) is 2.83. The Morgan fingerprint density at radius 2 is 1.59 bits per heavy atom. The van der Waals surface area contributed by atoms with Gasteiger partial charge in [0.05, 0.1) is 13.7 Å². The number of nitrogens with zero attached hydrogens (tertiary/aromatic N) is 1. The third-order valence-electron chi connectivity index (χ3n) is 5.36. The smallest absolute Gasteiger partial charge is 0.258 e. The summed E-state index contributed by atoms with van der Waals surface area (Å²) in [5.41, 5.74) is 2.71. The molecule has 3 rings (SSSR count). The van der Waals surface area contributed by atoms with E-state index < -0.39 is 13.2 Å². The molecule has 0 aliphatic carbocycles. The molecule has 0 aliphatic rings. The molecule has 0 saturated heterocycles. The van der Waals surface area contributed by atoms with Crippen LogP contribution in [0.25, 0.3) is 0 Å². The highest BCUT2D eigenvalue weighted by Crippen LogP contribution is 2.60. The third-order valence-corrected chi connectivity index (χ3v) is 8.03. The molecule has 6 heteroatoms. The van der Waals surface area contributed by atoms with Crippen LogP contribution in [0.4, 0.5) is 11.4 Å². The Morgan fingerprint density at radius 1 is 0.938 bits per heavy atom. The van der Waals surface area contributed by atoms with Crippen molar-refractivity contribution in [3.05, 3.63) is 84.4 Å². The van der Waals surface area contributed by atoms with Gasteiger partial charge in [-0.05, 0) is 48.9 Å². The number of benzene rings is 3. The van der Waals surface area contributed by atoms with Crippen LogP contribution in [0, 0.1) is 0 Å². The van der Waals surface area contributed by atoms with Crippen molar-refractivity contribution in [3.8, 4) is 5.75 Å². The second kappa shape index (κ2) is 11.2. The normalized spacial score (nSPS) is 13.8. The van der Waals surface area contributed by atoms with E-state index in [0.717, 1.165) is 29.8 Å². The molecular formula is C26H33N2O3P. The summed E-state index contributed by atoms with van der Waals surface area (Å²) in [4.78, 5) is 2.02. The van der Waals surface area contributed by atoms with Crippen molar-refractivity contribution in [2.24, 2.45) is 0 Å². The Morgan fingerprint density at radius 3 is 2.22 bits per heavy atom. The van der Waals surface area contributed by atoms with E-state index in [2.05, 4.69) is 12.2 Å². The zero-order valence-corrected chi connectivity index (χ0v) is 20.2. The molecule has 170 valence electrons. The van der Waals surface area contributed by atoms with E-state index in [1.165, 1.54) is 0 Å². The van der Waals surface area contributed by atoms with Crippen molar-refractivity contribution >= 4 is 24.0 Å². The predicted molar refractivity (Wildman–Crippen MR) is 135 cm³/mol. The highest BCUT2D eigenvalue weighted by atomic mass is 31.2. The molecule has 0 bridgehead atoms. The second-order valence-electron chi connectivity index (χ2n) is 7.85. The molecule has 0 unspecified atom stereocenters. The molecule has 5 nitrogen and oxygen atoms in total. The summed E-state index contributed by atoms with van der Waals surface area (Å²) in [7, 11) is 2.21. The maximum atomic E-state index is 14.8. The fourth-order valence-corrected chi connectivity index (χ4v) is 5.99. The Labute approximate surface area is 191 Å². The summed E-state index contributed by atoms with van der Waals surface area (Å²) >= 11 is 0. The number of rotatable bonds is 11. The van der Waals surface area contributed by atoms with Crippen LogP contribution in [0.3, 0.4) is 0 Å². The Hall–Kier alpha value is -2.75. The van der Waals surface area contributed by atoms with Crippen LogP contribution in [0.1, 0.15) is 31.1 Å². The highest BCUT2D eigenvalue weighted by molar-refractivity contribution is 7.67. The van der Waals surface area contributed by atoms with E-state index in [4.69, 9.17) is 9.26 Å². The molecule has 3 aromatic carbocycles. The summed E-state index contributed by atoms with van der Waals surface area (Å²) < 4.78 is 26.7. The van der Waals surface area contributed by atoms with Crippen molar-refractivity contribution in [1.29, 1.82) is 0 Å². The van der Waals surface area contributed by atoms with Gasteiger partial charge in [0.2, 0.25) is 0 Å². The molecule has 0 saturated carbocycles. The number of anilines is 2. The maximum absolute atomic E-state index is 14.8. The minimum absolute atomic E-state index is 0.422.